The largest absolute Gasteiger partial charge is 0.416 e. The van der Waals surface area contributed by atoms with Gasteiger partial charge in [-0.25, -0.2) is 0 Å². The number of aromatic nitrogens is 4. The first-order valence-electron chi connectivity index (χ1n) is 24.6. The van der Waals surface area contributed by atoms with Crippen LogP contribution in [-0.4, -0.2) is 18.3 Å². The molecule has 362 valence electrons. The molecule has 0 saturated heterocycles. The van der Waals surface area contributed by atoms with E-state index in [4.69, 9.17) is 0 Å². The van der Waals surface area contributed by atoms with Gasteiger partial charge < -0.3 is 18.3 Å². The summed E-state index contributed by atoms with van der Waals surface area (Å²) >= 11 is 0. The van der Waals surface area contributed by atoms with Gasteiger partial charge in [-0.05, 0) is 100 Å². The van der Waals surface area contributed by atoms with Gasteiger partial charge in [-0.2, -0.15) is 31.6 Å². The molecule has 0 aliphatic rings. The van der Waals surface area contributed by atoms with Crippen LogP contribution in [0.3, 0.4) is 0 Å². The van der Waals surface area contributed by atoms with E-state index in [-0.39, 0.29) is 5.56 Å². The average molecular weight is 1000 g/mol. The van der Waals surface area contributed by atoms with Crippen molar-refractivity contribution >= 4 is 109 Å². The molecule has 0 aliphatic heterocycles. The van der Waals surface area contributed by atoms with Crippen LogP contribution in [0.25, 0.3) is 132 Å². The number of hydrogen-bond acceptors (Lipinski definition) is 1. The lowest BCUT2D eigenvalue weighted by molar-refractivity contribution is -0.138. The summed E-state index contributed by atoms with van der Waals surface area (Å²) in [6.07, 6.45) is -9.29. The zero-order valence-electron chi connectivity index (χ0n) is 39.7. The fourth-order valence-corrected chi connectivity index (χ4v) is 12.3. The second-order valence-corrected chi connectivity index (χ2v) is 19.3. The average Bonchev–Trinajstić information content (AvgIpc) is 4.37. The van der Waals surface area contributed by atoms with Gasteiger partial charge in [-0.15, -0.1) is 0 Å². The zero-order chi connectivity index (χ0) is 51.4. The third kappa shape index (κ3) is 6.03. The Morgan fingerprint density at radius 2 is 0.632 bits per heavy atom. The summed E-state index contributed by atoms with van der Waals surface area (Å²) in [5.74, 6) is 0. The van der Waals surface area contributed by atoms with Crippen LogP contribution in [0.2, 0.25) is 0 Å². The molecule has 0 unspecified atom stereocenters. The standard InChI is InChI=1S/C65H35F6N5/c66-64(67,68)39-27-31-54-47(33-39)43-17-5-9-21-50(43)73(54)58-35-59(74-51-22-10-6-18-44(51)48-34-40(65(69,70)71)28-32-55(48)74)63(76-53-24-12-8-20-46(53)61-42-16-4-2-14-38(42)26-30-57(61)76)49(36-72)62(58)75-52-23-11-7-19-45(52)60-41-15-3-1-13-37(41)25-29-56(60)75/h1-35H. The first-order chi connectivity index (χ1) is 37.0. The SMILES string of the molecule is N#Cc1c(-n2c3ccccc3c3c4ccccc4ccc32)c(-n2c3ccccc3c3cc(C(F)(F)F)ccc32)cc(-n2c3ccccc3c3cc(C(F)(F)F)ccc32)c1-n1c2ccccc2c2c3ccccc3ccc21. The maximum atomic E-state index is 14.7. The Balaban J connectivity index is 1.23. The van der Waals surface area contributed by atoms with Crippen LogP contribution in [-0.2, 0) is 12.4 Å². The smallest absolute Gasteiger partial charge is 0.307 e. The Labute approximate surface area is 427 Å². The molecule has 0 fully saturated rings. The molecule has 0 bridgehead atoms. The van der Waals surface area contributed by atoms with Gasteiger partial charge in [0, 0.05) is 43.1 Å². The van der Waals surface area contributed by atoms with Crippen LogP contribution in [0.5, 0.6) is 0 Å². The molecule has 15 aromatic rings. The van der Waals surface area contributed by atoms with Gasteiger partial charge in [0.2, 0.25) is 0 Å². The topological polar surface area (TPSA) is 43.5 Å². The summed E-state index contributed by atoms with van der Waals surface area (Å²) in [6, 6.07) is 67.3. The molecule has 4 aromatic heterocycles. The molecule has 0 radical (unpaired) electrons. The van der Waals surface area contributed by atoms with Crippen LogP contribution in [0, 0.1) is 11.3 Å². The van der Waals surface area contributed by atoms with E-state index < -0.39 is 23.5 Å². The summed E-state index contributed by atoms with van der Waals surface area (Å²) in [5.41, 5.74) is 5.51. The molecule has 0 atom stereocenters. The van der Waals surface area contributed by atoms with E-state index in [0.29, 0.717) is 66.4 Å². The van der Waals surface area contributed by atoms with Gasteiger partial charge in [0.25, 0.3) is 0 Å². The lowest BCUT2D eigenvalue weighted by Crippen LogP contribution is -2.14. The van der Waals surface area contributed by atoms with Crippen molar-refractivity contribution in [2.45, 2.75) is 12.4 Å². The fourth-order valence-electron chi connectivity index (χ4n) is 12.3. The molecule has 5 nitrogen and oxygen atoms in total. The molecule has 0 N–H and O–H groups in total. The van der Waals surface area contributed by atoms with E-state index in [0.717, 1.165) is 77.3 Å². The number of benzene rings is 11. The van der Waals surface area contributed by atoms with E-state index in [2.05, 4.69) is 75.9 Å². The Bertz CT molecular complexity index is 4750. The van der Waals surface area contributed by atoms with Crippen molar-refractivity contribution in [3.8, 4) is 28.8 Å². The lowest BCUT2D eigenvalue weighted by Gasteiger charge is -2.25. The van der Waals surface area contributed by atoms with Gasteiger partial charge in [0.1, 0.15) is 11.6 Å². The van der Waals surface area contributed by atoms with Gasteiger partial charge >= 0.3 is 12.4 Å². The highest BCUT2D eigenvalue weighted by atomic mass is 19.4. The van der Waals surface area contributed by atoms with E-state index in [1.165, 1.54) is 24.3 Å². The summed E-state index contributed by atoms with van der Waals surface area (Å²) in [5, 5.41) is 22.0. The maximum Gasteiger partial charge on any atom is 0.416 e. The molecule has 0 amide bonds. The zero-order valence-corrected chi connectivity index (χ0v) is 39.7. The molecule has 11 heteroatoms. The highest BCUT2D eigenvalue weighted by molar-refractivity contribution is 6.24. The number of halogens is 6. The number of fused-ring (bicyclic) bond motifs is 16. The van der Waals surface area contributed by atoms with Crippen molar-refractivity contribution in [2.24, 2.45) is 0 Å². The summed E-state index contributed by atoms with van der Waals surface area (Å²) in [6.45, 7) is 0. The molecule has 0 spiro atoms. The van der Waals surface area contributed by atoms with Gasteiger partial charge in [0.15, 0.2) is 0 Å². The molecule has 11 aromatic carbocycles. The maximum absolute atomic E-state index is 14.7. The number of alkyl halides is 6. The number of para-hydroxylation sites is 4. The summed E-state index contributed by atoms with van der Waals surface area (Å²) in [4.78, 5) is 0. The molecule has 0 saturated carbocycles. The minimum Gasteiger partial charge on any atom is -0.307 e. The summed E-state index contributed by atoms with van der Waals surface area (Å²) in [7, 11) is 0. The van der Waals surface area contributed by atoms with Crippen molar-refractivity contribution in [2.75, 3.05) is 0 Å². The Morgan fingerprint density at radius 1 is 0.303 bits per heavy atom. The normalized spacial score (nSPS) is 12.6. The van der Waals surface area contributed by atoms with Crippen LogP contribution in [0.4, 0.5) is 26.3 Å². The molecule has 15 rings (SSSR count). The van der Waals surface area contributed by atoms with E-state index in [1.54, 1.807) is 24.3 Å². The third-order valence-electron chi connectivity index (χ3n) is 15.4. The Hall–Kier alpha value is -9.79. The third-order valence-corrected chi connectivity index (χ3v) is 15.4. The number of rotatable bonds is 4. The van der Waals surface area contributed by atoms with E-state index >= 15 is 0 Å². The predicted octanol–water partition coefficient (Wildman–Crippen LogP) is 18.3. The lowest BCUT2D eigenvalue weighted by atomic mass is 10.0. The summed E-state index contributed by atoms with van der Waals surface area (Å²) < 4.78 is 96.5. The predicted molar refractivity (Wildman–Crippen MR) is 294 cm³/mol. The van der Waals surface area contributed by atoms with Gasteiger partial charge in [0.05, 0.1) is 78.0 Å². The number of nitriles is 1. The Kier molecular flexibility index (Phi) is 8.99. The highest BCUT2D eigenvalue weighted by Gasteiger charge is 2.35. The molecule has 4 heterocycles. The van der Waals surface area contributed by atoms with Gasteiger partial charge in [-0.3, -0.25) is 0 Å². The quantitative estimate of drug-likeness (QED) is 0.162. The minimum atomic E-state index is -4.65. The fraction of sp³-hybridized carbons (Fsp3) is 0.0308. The van der Waals surface area contributed by atoms with Crippen molar-refractivity contribution in [1.82, 2.24) is 18.3 Å². The second-order valence-electron chi connectivity index (χ2n) is 19.3. The second kappa shape index (κ2) is 15.6. The van der Waals surface area contributed by atoms with E-state index in [1.807, 2.05) is 100 Å². The first-order valence-corrected chi connectivity index (χ1v) is 24.6. The van der Waals surface area contributed by atoms with Crippen LogP contribution in [0.1, 0.15) is 16.7 Å². The monoisotopic (exact) mass is 999 g/mol. The first kappa shape index (κ1) is 43.8. The minimum absolute atomic E-state index is 0.204. The Morgan fingerprint density at radius 3 is 1.03 bits per heavy atom. The molecular weight excluding hydrogens is 965 g/mol. The van der Waals surface area contributed by atoms with Crippen LogP contribution < -0.4 is 0 Å². The van der Waals surface area contributed by atoms with Crippen LogP contribution in [0.15, 0.2) is 212 Å². The van der Waals surface area contributed by atoms with Crippen molar-refractivity contribution < 1.29 is 26.3 Å². The number of nitrogens with zero attached hydrogens (tertiary/aromatic N) is 5. The van der Waals surface area contributed by atoms with Crippen LogP contribution >= 0.6 is 0 Å². The number of hydrogen-bond donors (Lipinski definition) is 0. The van der Waals surface area contributed by atoms with Crippen molar-refractivity contribution in [3.05, 3.63) is 229 Å². The molecule has 0 aliphatic carbocycles. The molecule has 76 heavy (non-hydrogen) atoms. The molecular formula is C65H35F6N5. The van der Waals surface area contributed by atoms with Crippen molar-refractivity contribution in [3.63, 3.8) is 0 Å². The van der Waals surface area contributed by atoms with E-state index in [9.17, 15) is 31.6 Å². The highest BCUT2D eigenvalue weighted by Crippen LogP contribution is 2.49. The van der Waals surface area contributed by atoms with Crippen molar-refractivity contribution in [1.29, 1.82) is 5.26 Å². The van der Waals surface area contributed by atoms with Gasteiger partial charge in [-0.1, -0.05) is 133 Å².